The molecule has 0 aromatic heterocycles. The monoisotopic (exact) mass is 852 g/mol. The summed E-state index contributed by atoms with van der Waals surface area (Å²) in [6.45, 7) is 27.3. The fraction of sp³-hybridized carbons (Fsp3) is 0.911. The van der Waals surface area contributed by atoms with E-state index in [9.17, 15) is 31.5 Å². The Morgan fingerprint density at radius 2 is 1.55 bits per heavy atom. The summed E-state index contributed by atoms with van der Waals surface area (Å²) < 4.78 is 59.8. The first-order chi connectivity index (χ1) is 26.7. The summed E-state index contributed by atoms with van der Waals surface area (Å²) >= 11 is 0. The Morgan fingerprint density at radius 3 is 2.16 bits per heavy atom. The molecule has 332 valence electrons. The van der Waals surface area contributed by atoms with Crippen molar-refractivity contribution in [3.8, 4) is 0 Å². The molecule has 0 aromatic rings. The summed E-state index contributed by atoms with van der Waals surface area (Å²) in [5.41, 5.74) is 0.0600. The number of nitrogens with zero attached hydrogens (tertiary/aromatic N) is 1. The van der Waals surface area contributed by atoms with Crippen LogP contribution in [0.15, 0.2) is 12.2 Å². The van der Waals surface area contributed by atoms with E-state index in [0.29, 0.717) is 49.2 Å². The lowest BCUT2D eigenvalue weighted by atomic mass is 9.32. The van der Waals surface area contributed by atoms with Gasteiger partial charge in [-0.3, -0.25) is 14.5 Å². The molecule has 11 nitrogen and oxygen atoms in total. The highest BCUT2D eigenvalue weighted by atomic mass is 32.2. The first-order valence-electron chi connectivity index (χ1n) is 22.4. The zero-order valence-corrected chi connectivity index (χ0v) is 39.0. The van der Waals surface area contributed by atoms with Gasteiger partial charge in [-0.25, -0.2) is 21.6 Å². The smallest absolute Gasteiger partial charge is 0.309 e. The second-order valence-corrected chi connectivity index (χ2v) is 26.8. The molecular weight excluding hydrogens is 775 g/mol. The SMILES string of the molecule is C=C(C)[C@@H]1CC[C@]2(NCC(CNS(=O)(=O)C(C)C)N3CCS(=O)(=O)CC3)CC[C@]3(C)[C@H](CC[C@@H]4[C@@]5(C)CC[C@H](OC(=O)CC(C)(C)C(=O)O)C(C)(C)[C@@H]5CC[C@]43C)[C@@H]12. The molecule has 0 spiro atoms. The maximum Gasteiger partial charge on any atom is 0.309 e. The minimum atomic E-state index is -3.49. The van der Waals surface area contributed by atoms with Crippen LogP contribution in [0.3, 0.4) is 0 Å². The van der Waals surface area contributed by atoms with Gasteiger partial charge in [-0.1, -0.05) is 46.8 Å². The van der Waals surface area contributed by atoms with Gasteiger partial charge < -0.3 is 15.2 Å². The van der Waals surface area contributed by atoms with Gasteiger partial charge in [0.1, 0.15) is 6.10 Å². The highest BCUT2D eigenvalue weighted by Gasteiger charge is 2.71. The van der Waals surface area contributed by atoms with Crippen molar-refractivity contribution in [2.24, 2.45) is 56.7 Å². The highest BCUT2D eigenvalue weighted by Crippen LogP contribution is 2.76. The molecule has 13 heteroatoms. The van der Waals surface area contributed by atoms with Crippen molar-refractivity contribution in [3.05, 3.63) is 12.2 Å². The van der Waals surface area contributed by atoms with Crippen LogP contribution in [-0.2, 0) is 34.2 Å². The van der Waals surface area contributed by atoms with Crippen molar-refractivity contribution in [1.29, 1.82) is 0 Å². The molecule has 5 saturated carbocycles. The number of carboxylic acids is 1. The third-order valence-corrected chi connectivity index (χ3v) is 21.6. The van der Waals surface area contributed by atoms with Gasteiger partial charge in [0.2, 0.25) is 10.0 Å². The Balaban J connectivity index is 1.24. The molecule has 6 fully saturated rings. The molecule has 58 heavy (non-hydrogen) atoms. The lowest BCUT2D eigenvalue weighted by Crippen LogP contribution is -2.69. The largest absolute Gasteiger partial charge is 0.481 e. The second kappa shape index (κ2) is 15.7. The number of fused-ring (bicyclic) bond motifs is 7. The van der Waals surface area contributed by atoms with E-state index in [1.807, 2.05) is 0 Å². The van der Waals surface area contributed by atoms with Gasteiger partial charge in [0, 0.05) is 43.2 Å². The number of sulfone groups is 1. The number of rotatable bonds is 13. The molecule has 1 heterocycles. The molecule has 6 aliphatic rings. The summed E-state index contributed by atoms with van der Waals surface area (Å²) in [7, 11) is -6.59. The van der Waals surface area contributed by atoms with E-state index >= 15 is 0 Å². The molecular formula is C45H77N3O8S2. The Labute approximate surface area is 351 Å². The van der Waals surface area contributed by atoms with E-state index in [1.165, 1.54) is 5.57 Å². The van der Waals surface area contributed by atoms with Crippen LogP contribution in [0.1, 0.15) is 140 Å². The van der Waals surface area contributed by atoms with Crippen molar-refractivity contribution in [1.82, 2.24) is 14.9 Å². The summed E-state index contributed by atoms with van der Waals surface area (Å²) in [4.78, 5) is 27.1. The van der Waals surface area contributed by atoms with Crippen LogP contribution in [0.5, 0.6) is 0 Å². The summed E-state index contributed by atoms with van der Waals surface area (Å²) in [6, 6.07) is -0.166. The Kier molecular flexibility index (Phi) is 12.4. The minimum Gasteiger partial charge on any atom is -0.481 e. The third-order valence-electron chi connectivity index (χ3n) is 18.2. The number of ether oxygens (including phenoxy) is 1. The zero-order valence-electron chi connectivity index (χ0n) is 37.4. The van der Waals surface area contributed by atoms with Gasteiger partial charge >= 0.3 is 11.9 Å². The highest BCUT2D eigenvalue weighted by molar-refractivity contribution is 7.91. The van der Waals surface area contributed by atoms with E-state index in [1.54, 1.807) is 27.7 Å². The number of esters is 1. The predicted molar refractivity (Wildman–Crippen MR) is 229 cm³/mol. The molecule has 1 aliphatic heterocycles. The van der Waals surface area contributed by atoms with Crippen LogP contribution in [-0.4, -0.2) is 99.4 Å². The average Bonchev–Trinajstić information content (AvgIpc) is 3.50. The van der Waals surface area contributed by atoms with Crippen molar-refractivity contribution in [2.45, 2.75) is 163 Å². The summed E-state index contributed by atoms with van der Waals surface area (Å²) in [5.74, 6) is 0.998. The summed E-state index contributed by atoms with van der Waals surface area (Å²) in [5, 5.41) is 13.3. The minimum absolute atomic E-state index is 0.0857. The molecule has 11 atom stereocenters. The first-order valence-corrected chi connectivity index (χ1v) is 25.8. The van der Waals surface area contributed by atoms with Gasteiger partial charge in [0.25, 0.3) is 0 Å². The average molecular weight is 852 g/mol. The second-order valence-electron chi connectivity index (χ2n) is 22.2. The molecule has 0 aromatic carbocycles. The number of allylic oxidation sites excluding steroid dienone is 1. The lowest BCUT2D eigenvalue weighted by molar-refractivity contribution is -0.246. The van der Waals surface area contributed by atoms with E-state index in [0.717, 1.165) is 64.2 Å². The quantitative estimate of drug-likeness (QED) is 0.133. The van der Waals surface area contributed by atoms with Crippen molar-refractivity contribution in [3.63, 3.8) is 0 Å². The Hall–Kier alpha value is -1.54. The zero-order chi connectivity index (χ0) is 43.1. The van der Waals surface area contributed by atoms with E-state index in [4.69, 9.17) is 4.74 Å². The number of aliphatic carboxylic acids is 1. The van der Waals surface area contributed by atoms with Crippen molar-refractivity contribution >= 4 is 31.8 Å². The Morgan fingerprint density at radius 1 is 0.897 bits per heavy atom. The Bertz CT molecular complexity index is 1820. The van der Waals surface area contributed by atoms with Crippen LogP contribution >= 0.6 is 0 Å². The van der Waals surface area contributed by atoms with E-state index < -0.39 is 42.5 Å². The molecule has 1 saturated heterocycles. The van der Waals surface area contributed by atoms with Crippen LogP contribution in [0.25, 0.3) is 0 Å². The first kappa shape index (κ1) is 46.0. The number of carbonyl (C=O) groups excluding carboxylic acids is 1. The topological polar surface area (TPSA) is 159 Å². The normalized spacial score (nSPS) is 40.4. The molecule has 3 N–H and O–H groups in total. The van der Waals surface area contributed by atoms with Crippen molar-refractivity contribution < 1.29 is 36.3 Å². The van der Waals surface area contributed by atoms with Gasteiger partial charge in [-0.05, 0) is 145 Å². The van der Waals surface area contributed by atoms with Gasteiger partial charge in [0.15, 0.2) is 9.84 Å². The molecule has 5 aliphatic carbocycles. The number of carboxylic acid groups (broad SMARTS) is 1. The van der Waals surface area contributed by atoms with Gasteiger partial charge in [-0.2, -0.15) is 0 Å². The van der Waals surface area contributed by atoms with E-state index in [2.05, 4.69) is 63.1 Å². The maximum atomic E-state index is 13.2. The fourth-order valence-electron chi connectivity index (χ4n) is 14.4. The van der Waals surface area contributed by atoms with Gasteiger partial charge in [0.05, 0.1) is 28.6 Å². The maximum absolute atomic E-state index is 13.2. The summed E-state index contributed by atoms with van der Waals surface area (Å²) in [6.07, 6.45) is 10.2. The molecule has 0 radical (unpaired) electrons. The number of hydrogen-bond acceptors (Lipinski definition) is 9. The number of carbonyl (C=O) groups is 2. The lowest BCUT2D eigenvalue weighted by Gasteiger charge is -2.73. The molecule has 0 amide bonds. The van der Waals surface area contributed by atoms with Crippen LogP contribution < -0.4 is 10.0 Å². The number of sulfonamides is 1. The standard InChI is InChI=1S/C45H77N3O8S2/c1-29(2)32-14-19-45(46-27-31(28-47-58(54,55)30(3)4)48-22-24-57(52,53)25-23-48)21-20-43(10)33(38(32)45)12-13-35-42(9)17-16-36(56-37(49)26-40(5,6)39(50)51)41(7,8)34(42)15-18-44(35,43)11/h30-36,38,46-47H,1,12-28H2,2-11H3,(H,50,51)/t31?,32-,33+,34-,35+,36-,38+,42-,43+,44+,45-/m0/s1. The van der Waals surface area contributed by atoms with Crippen molar-refractivity contribution in [2.75, 3.05) is 37.7 Å². The fourth-order valence-corrected chi connectivity index (χ4v) is 16.4. The van der Waals surface area contributed by atoms with Gasteiger partial charge in [-0.15, -0.1) is 0 Å². The number of hydrogen-bond donors (Lipinski definition) is 3. The third kappa shape index (κ3) is 7.89. The molecule has 0 bridgehead atoms. The van der Waals surface area contributed by atoms with Crippen LogP contribution in [0, 0.1) is 56.7 Å². The van der Waals surface area contributed by atoms with Crippen LogP contribution in [0.4, 0.5) is 0 Å². The number of nitrogens with one attached hydrogen (secondary N) is 2. The van der Waals surface area contributed by atoms with E-state index in [-0.39, 0.29) is 63.8 Å². The molecule has 1 unspecified atom stereocenters. The molecule has 6 rings (SSSR count). The van der Waals surface area contributed by atoms with Crippen LogP contribution in [0.2, 0.25) is 0 Å². The predicted octanol–water partition coefficient (Wildman–Crippen LogP) is 6.83.